The number of hydrogen-bond acceptors (Lipinski definition) is 5. The van der Waals surface area contributed by atoms with E-state index in [4.69, 9.17) is 0 Å². The third kappa shape index (κ3) is 4.22. The fourth-order valence-electron chi connectivity index (χ4n) is 3.99. The zero-order chi connectivity index (χ0) is 20.4. The number of aromatic nitrogens is 2. The predicted octanol–water partition coefficient (Wildman–Crippen LogP) is 1.16. The van der Waals surface area contributed by atoms with E-state index < -0.39 is 10.0 Å². The van der Waals surface area contributed by atoms with Gasteiger partial charge in [0.05, 0.1) is 0 Å². The number of pyridine rings is 1. The molecule has 0 radical (unpaired) electrons. The Hall–Kier alpha value is -2.23. The molecule has 2 fully saturated rings. The average Bonchev–Trinajstić information content (AvgIpc) is 3.39. The van der Waals surface area contributed by atoms with Crippen LogP contribution in [0, 0.1) is 0 Å². The molecule has 4 heterocycles. The summed E-state index contributed by atoms with van der Waals surface area (Å²) >= 11 is 0. The molecule has 29 heavy (non-hydrogen) atoms. The van der Waals surface area contributed by atoms with Crippen molar-refractivity contribution < 1.29 is 13.2 Å². The van der Waals surface area contributed by atoms with Crippen molar-refractivity contribution in [3.8, 4) is 0 Å². The first kappa shape index (κ1) is 20.1. The molecule has 0 aromatic carbocycles. The third-order valence-electron chi connectivity index (χ3n) is 5.69. The number of hydrogen-bond donors (Lipinski definition) is 0. The Bertz CT molecular complexity index is 959. The van der Waals surface area contributed by atoms with E-state index in [-0.39, 0.29) is 10.8 Å². The van der Waals surface area contributed by atoms with Gasteiger partial charge in [0.25, 0.3) is 5.91 Å². The smallest absolute Gasteiger partial charge is 0.270 e. The maximum atomic E-state index is 13.0. The highest BCUT2D eigenvalue weighted by molar-refractivity contribution is 7.89. The maximum Gasteiger partial charge on any atom is 0.270 e. The van der Waals surface area contributed by atoms with Crippen LogP contribution in [0.4, 0.5) is 0 Å². The Kier molecular flexibility index (Phi) is 5.71. The van der Waals surface area contributed by atoms with Gasteiger partial charge in [-0.25, -0.2) is 8.42 Å². The number of aryl methyl sites for hydroxylation is 1. The van der Waals surface area contributed by atoms with Gasteiger partial charge >= 0.3 is 0 Å². The lowest BCUT2D eigenvalue weighted by molar-refractivity contribution is 0.0619. The van der Waals surface area contributed by atoms with Gasteiger partial charge in [-0.3, -0.25) is 14.7 Å². The highest BCUT2D eigenvalue weighted by atomic mass is 32.2. The van der Waals surface area contributed by atoms with Crippen molar-refractivity contribution in [2.45, 2.75) is 24.3 Å². The van der Waals surface area contributed by atoms with Crippen molar-refractivity contribution in [2.75, 3.05) is 39.3 Å². The molecule has 156 valence electrons. The molecule has 0 unspecified atom stereocenters. The topological polar surface area (TPSA) is 78.8 Å². The van der Waals surface area contributed by atoms with Gasteiger partial charge in [-0.05, 0) is 30.5 Å². The second-order valence-electron chi connectivity index (χ2n) is 7.71. The van der Waals surface area contributed by atoms with Gasteiger partial charge < -0.3 is 9.47 Å². The molecule has 0 atom stereocenters. The van der Waals surface area contributed by atoms with Crippen LogP contribution in [0.15, 0.2) is 41.7 Å². The summed E-state index contributed by atoms with van der Waals surface area (Å²) in [6.07, 6.45) is 6.96. The number of sulfonamides is 1. The standard InChI is InChI=1S/C20H27N5O3S/c1-22-16-18(29(27,28)25-7-2-3-8-25)13-19(22)20(26)24-11-9-23(10-12-24)15-17-5-4-6-21-14-17/h4-6,13-14,16H,2-3,7-12,15H2,1H3. The molecule has 0 N–H and O–H groups in total. The zero-order valence-electron chi connectivity index (χ0n) is 16.7. The zero-order valence-corrected chi connectivity index (χ0v) is 17.5. The second-order valence-corrected chi connectivity index (χ2v) is 9.65. The summed E-state index contributed by atoms with van der Waals surface area (Å²) in [4.78, 5) is 21.5. The molecule has 2 aliphatic rings. The molecule has 2 saturated heterocycles. The van der Waals surface area contributed by atoms with E-state index in [0.29, 0.717) is 31.9 Å². The highest BCUT2D eigenvalue weighted by Crippen LogP contribution is 2.23. The van der Waals surface area contributed by atoms with Crippen LogP contribution in [0.3, 0.4) is 0 Å². The van der Waals surface area contributed by atoms with Crippen molar-refractivity contribution in [3.05, 3.63) is 48.0 Å². The Morgan fingerprint density at radius 2 is 1.83 bits per heavy atom. The quantitative estimate of drug-likeness (QED) is 0.730. The summed E-state index contributed by atoms with van der Waals surface area (Å²) in [5.41, 5.74) is 1.58. The molecular weight excluding hydrogens is 390 g/mol. The molecule has 1 amide bonds. The number of rotatable bonds is 5. The molecule has 8 nitrogen and oxygen atoms in total. The second kappa shape index (κ2) is 8.25. The summed E-state index contributed by atoms with van der Waals surface area (Å²) in [7, 11) is -1.79. The molecule has 2 aliphatic heterocycles. The van der Waals surface area contributed by atoms with Crippen molar-refractivity contribution in [1.82, 2.24) is 23.7 Å². The van der Waals surface area contributed by atoms with Gasteiger partial charge in [0.2, 0.25) is 10.0 Å². The van der Waals surface area contributed by atoms with Gasteiger partial charge in [0, 0.05) is 71.5 Å². The van der Waals surface area contributed by atoms with Crippen LogP contribution in [-0.2, 0) is 23.6 Å². The Morgan fingerprint density at radius 3 is 2.48 bits per heavy atom. The monoisotopic (exact) mass is 417 g/mol. The van der Waals surface area contributed by atoms with Crippen LogP contribution in [0.25, 0.3) is 0 Å². The Labute approximate surface area is 171 Å². The van der Waals surface area contributed by atoms with E-state index >= 15 is 0 Å². The van der Waals surface area contributed by atoms with Crippen molar-refractivity contribution >= 4 is 15.9 Å². The summed E-state index contributed by atoms with van der Waals surface area (Å²) in [5, 5.41) is 0. The minimum absolute atomic E-state index is 0.114. The van der Waals surface area contributed by atoms with Crippen molar-refractivity contribution in [3.63, 3.8) is 0 Å². The molecule has 2 aromatic rings. The first-order valence-electron chi connectivity index (χ1n) is 10.0. The number of carbonyl (C=O) groups is 1. The summed E-state index contributed by atoms with van der Waals surface area (Å²) in [6, 6.07) is 5.51. The van der Waals surface area contributed by atoms with Gasteiger partial charge in [-0.15, -0.1) is 0 Å². The fraction of sp³-hybridized carbons (Fsp3) is 0.500. The Balaban J connectivity index is 1.41. The van der Waals surface area contributed by atoms with E-state index in [0.717, 1.165) is 38.0 Å². The SMILES string of the molecule is Cn1cc(S(=O)(=O)N2CCCC2)cc1C(=O)N1CCN(Cc2cccnc2)CC1. The third-order valence-corrected chi connectivity index (χ3v) is 7.55. The molecule has 0 spiro atoms. The lowest BCUT2D eigenvalue weighted by atomic mass is 10.2. The first-order chi connectivity index (χ1) is 13.9. The van der Waals surface area contributed by atoms with Crippen LogP contribution < -0.4 is 0 Å². The van der Waals surface area contributed by atoms with Crippen molar-refractivity contribution in [2.24, 2.45) is 7.05 Å². The Morgan fingerprint density at radius 1 is 1.10 bits per heavy atom. The van der Waals surface area contributed by atoms with E-state index in [2.05, 4.69) is 16.0 Å². The van der Waals surface area contributed by atoms with Crippen LogP contribution in [0.1, 0.15) is 28.9 Å². The lowest BCUT2D eigenvalue weighted by Crippen LogP contribution is -2.48. The molecule has 2 aromatic heterocycles. The molecule has 4 rings (SSSR count). The minimum Gasteiger partial charge on any atom is -0.345 e. The largest absolute Gasteiger partial charge is 0.345 e. The lowest BCUT2D eigenvalue weighted by Gasteiger charge is -2.34. The van der Waals surface area contributed by atoms with Gasteiger partial charge in [0.15, 0.2) is 0 Å². The summed E-state index contributed by atoms with van der Waals surface area (Å²) in [5.74, 6) is -0.114. The van der Waals surface area contributed by atoms with Gasteiger partial charge in [-0.2, -0.15) is 4.31 Å². The molecule has 9 heteroatoms. The van der Waals surface area contributed by atoms with E-state index in [1.807, 2.05) is 12.3 Å². The number of piperazine rings is 1. The average molecular weight is 418 g/mol. The van der Waals surface area contributed by atoms with Crippen LogP contribution in [0.5, 0.6) is 0 Å². The molecule has 0 saturated carbocycles. The predicted molar refractivity (Wildman–Crippen MR) is 109 cm³/mol. The van der Waals surface area contributed by atoms with Gasteiger partial charge in [0.1, 0.15) is 10.6 Å². The number of carbonyl (C=O) groups excluding carboxylic acids is 1. The van der Waals surface area contributed by atoms with E-state index in [9.17, 15) is 13.2 Å². The molecule has 0 bridgehead atoms. The molecule has 0 aliphatic carbocycles. The highest BCUT2D eigenvalue weighted by Gasteiger charge is 2.31. The van der Waals surface area contributed by atoms with Gasteiger partial charge in [-0.1, -0.05) is 6.07 Å². The normalized spacial score (nSPS) is 19.0. The minimum atomic E-state index is -3.52. The summed E-state index contributed by atoms with van der Waals surface area (Å²) in [6.45, 7) is 4.74. The van der Waals surface area contributed by atoms with Crippen LogP contribution in [-0.4, -0.2) is 77.2 Å². The number of nitrogens with zero attached hydrogens (tertiary/aromatic N) is 5. The number of amides is 1. The van der Waals surface area contributed by atoms with Crippen LogP contribution in [0.2, 0.25) is 0 Å². The van der Waals surface area contributed by atoms with E-state index in [1.165, 1.54) is 10.4 Å². The molecular formula is C20H27N5O3S. The van der Waals surface area contributed by atoms with Crippen LogP contribution >= 0.6 is 0 Å². The van der Waals surface area contributed by atoms with E-state index in [1.54, 1.807) is 28.9 Å². The fourth-order valence-corrected chi connectivity index (χ4v) is 5.58. The van der Waals surface area contributed by atoms with Crippen molar-refractivity contribution in [1.29, 1.82) is 0 Å². The summed E-state index contributed by atoms with van der Waals surface area (Å²) < 4.78 is 28.7. The maximum absolute atomic E-state index is 13.0. The first-order valence-corrected chi connectivity index (χ1v) is 11.5.